The molecule has 9 amide bonds. The molecule has 1 aromatic heterocycles. The average Bonchev–Trinajstić information content (AvgIpc) is 3.72. The summed E-state index contributed by atoms with van der Waals surface area (Å²) in [4.78, 5) is 132. The van der Waals surface area contributed by atoms with Crippen molar-refractivity contribution in [2.75, 3.05) is 39.0 Å². The van der Waals surface area contributed by atoms with Gasteiger partial charge in [-0.05, 0) is 55.6 Å². The fraction of sp³-hybridized carbons (Fsp3) is 0.587. The number of para-hydroxylation sites is 1. The summed E-state index contributed by atoms with van der Waals surface area (Å²) in [5, 5.41) is 18.9. The molecule has 2 heterocycles. The van der Waals surface area contributed by atoms with Gasteiger partial charge in [-0.3, -0.25) is 43.3 Å². The fourth-order valence-electron chi connectivity index (χ4n) is 8.14. The summed E-state index contributed by atoms with van der Waals surface area (Å²) in [6.07, 6.45) is 8.99. The number of amides is 9. The highest BCUT2D eigenvalue weighted by atomic mass is 16.2. The lowest BCUT2D eigenvalue weighted by atomic mass is 9.83. The lowest BCUT2D eigenvalue weighted by Crippen LogP contribution is -2.59. The van der Waals surface area contributed by atoms with Gasteiger partial charge in [-0.1, -0.05) is 78.5 Å². The van der Waals surface area contributed by atoms with Crippen molar-refractivity contribution < 1.29 is 43.2 Å². The molecule has 4 rings (SSSR count). The SMILES string of the molecule is CCC[C@H](NC(=O)[C@@H]1CN(C(=O)Nc2ccccc2)C[C@@H]1NC(=O)[C@@H](NC(=O)[C@@H](NC(=O)c1cnccn1)C1CCCCC1)C(C)C)C(=O)C(=O)NCC(=O)N[C@@H](CC(C)C)C(=O)N(C)C. The topological polar surface area (TPSA) is 270 Å². The quantitative estimate of drug-likeness (QED) is 0.0883. The minimum absolute atomic E-state index is 0.0340. The highest BCUT2D eigenvalue weighted by Crippen LogP contribution is 2.27. The molecule has 2 aliphatic rings. The Bertz CT molecular complexity index is 2010. The first-order valence-electron chi connectivity index (χ1n) is 22.8. The average molecular weight is 918 g/mol. The van der Waals surface area contributed by atoms with E-state index in [1.165, 1.54) is 28.4 Å². The summed E-state index contributed by atoms with van der Waals surface area (Å²) >= 11 is 0. The Hall–Kier alpha value is -6.47. The second kappa shape index (κ2) is 25.3. The van der Waals surface area contributed by atoms with E-state index in [-0.39, 0.29) is 42.9 Å². The first-order chi connectivity index (χ1) is 31.4. The number of carbonyl (C=O) groups is 9. The van der Waals surface area contributed by atoms with Gasteiger partial charge >= 0.3 is 6.03 Å². The molecule has 0 spiro atoms. The van der Waals surface area contributed by atoms with E-state index in [2.05, 4.69) is 47.2 Å². The molecular formula is C46H67N11O9. The Morgan fingerprint density at radius 3 is 2.12 bits per heavy atom. The molecular weight excluding hydrogens is 851 g/mol. The van der Waals surface area contributed by atoms with Gasteiger partial charge in [0.25, 0.3) is 11.8 Å². The van der Waals surface area contributed by atoms with Crippen molar-refractivity contribution in [3.63, 3.8) is 0 Å². The minimum Gasteiger partial charge on any atom is -0.349 e. The van der Waals surface area contributed by atoms with E-state index in [4.69, 9.17) is 0 Å². The zero-order chi connectivity index (χ0) is 48.5. The lowest BCUT2D eigenvalue weighted by Gasteiger charge is -2.32. The predicted molar refractivity (Wildman–Crippen MR) is 244 cm³/mol. The van der Waals surface area contributed by atoms with Crippen molar-refractivity contribution in [3.05, 3.63) is 54.6 Å². The van der Waals surface area contributed by atoms with Crippen LogP contribution in [0.4, 0.5) is 10.5 Å². The van der Waals surface area contributed by atoms with Crippen LogP contribution in [-0.4, -0.2) is 137 Å². The van der Waals surface area contributed by atoms with Gasteiger partial charge in [-0.15, -0.1) is 0 Å². The number of ketones is 1. The van der Waals surface area contributed by atoms with Crippen molar-refractivity contribution in [2.45, 2.75) is 116 Å². The van der Waals surface area contributed by atoms with Crippen LogP contribution in [0.25, 0.3) is 0 Å². The molecule has 1 aliphatic carbocycles. The normalized spacial score (nSPS) is 17.9. The first kappa shape index (κ1) is 52.2. The van der Waals surface area contributed by atoms with E-state index in [0.717, 1.165) is 19.3 Å². The molecule has 20 nitrogen and oxygen atoms in total. The molecule has 0 radical (unpaired) electrons. The molecule has 7 N–H and O–H groups in total. The van der Waals surface area contributed by atoms with Gasteiger partial charge in [-0.25, -0.2) is 9.78 Å². The van der Waals surface area contributed by atoms with Gasteiger partial charge in [0.05, 0.1) is 30.7 Å². The molecule has 2 aromatic rings. The van der Waals surface area contributed by atoms with Crippen molar-refractivity contribution in [1.29, 1.82) is 0 Å². The molecule has 0 unspecified atom stereocenters. The first-order valence-corrected chi connectivity index (χ1v) is 22.8. The number of carbonyl (C=O) groups excluding carboxylic acids is 9. The number of rotatable bonds is 21. The summed E-state index contributed by atoms with van der Waals surface area (Å²) in [5.74, 6) is -7.37. The Balaban J connectivity index is 1.51. The van der Waals surface area contributed by atoms with Crippen molar-refractivity contribution in [3.8, 4) is 0 Å². The Morgan fingerprint density at radius 2 is 1.52 bits per heavy atom. The molecule has 2 fully saturated rings. The monoisotopic (exact) mass is 918 g/mol. The van der Waals surface area contributed by atoms with Crippen LogP contribution in [-0.2, 0) is 33.6 Å². The Labute approximate surface area is 386 Å². The largest absolute Gasteiger partial charge is 0.349 e. The van der Waals surface area contributed by atoms with E-state index >= 15 is 0 Å². The third-order valence-electron chi connectivity index (χ3n) is 11.7. The van der Waals surface area contributed by atoms with Gasteiger partial charge in [-0.2, -0.15) is 0 Å². The lowest BCUT2D eigenvalue weighted by molar-refractivity contribution is -0.141. The molecule has 6 atom stereocenters. The van der Waals surface area contributed by atoms with Gasteiger partial charge in [0.15, 0.2) is 0 Å². The highest BCUT2D eigenvalue weighted by Gasteiger charge is 2.43. The van der Waals surface area contributed by atoms with Crippen LogP contribution in [0.5, 0.6) is 0 Å². The molecule has 20 heteroatoms. The number of anilines is 1. The summed E-state index contributed by atoms with van der Waals surface area (Å²) in [5.41, 5.74) is 0.525. The van der Waals surface area contributed by atoms with Crippen LogP contribution in [0.2, 0.25) is 0 Å². The van der Waals surface area contributed by atoms with Gasteiger partial charge in [0.1, 0.15) is 23.8 Å². The summed E-state index contributed by atoms with van der Waals surface area (Å²) in [6.45, 7) is 8.10. The smallest absolute Gasteiger partial charge is 0.321 e. The number of aromatic nitrogens is 2. The number of urea groups is 1. The van der Waals surface area contributed by atoms with Gasteiger partial charge < -0.3 is 47.0 Å². The Kier molecular flexibility index (Phi) is 20.0. The summed E-state index contributed by atoms with van der Waals surface area (Å²) < 4.78 is 0. The number of nitrogens with zero attached hydrogens (tertiary/aromatic N) is 4. The van der Waals surface area contributed by atoms with Crippen molar-refractivity contribution >= 4 is 58.9 Å². The number of hydrogen-bond donors (Lipinski definition) is 7. The van der Waals surface area contributed by atoms with E-state index in [1.54, 1.807) is 65.2 Å². The number of likely N-dealkylation sites (N-methyl/N-ethyl adjacent to an activating group) is 1. The van der Waals surface area contributed by atoms with Crippen molar-refractivity contribution in [2.24, 2.45) is 23.7 Å². The number of benzene rings is 1. The molecule has 66 heavy (non-hydrogen) atoms. The Morgan fingerprint density at radius 1 is 0.818 bits per heavy atom. The number of Topliss-reactive ketones (excluding diaryl/α,β-unsaturated/α-hetero) is 1. The van der Waals surface area contributed by atoms with Gasteiger partial charge in [0.2, 0.25) is 35.3 Å². The molecule has 1 aliphatic heterocycles. The maximum Gasteiger partial charge on any atom is 0.321 e. The number of likely N-dealkylation sites (tertiary alicyclic amines) is 1. The predicted octanol–water partition coefficient (Wildman–Crippen LogP) is 1.53. The standard InChI is InChI=1S/C46H67N11O9/c1-8-15-32(39(59)44(64)49-24-36(58)51-33(22-27(2)3)45(65)56(6)7)52-40(60)31-25-57(46(66)50-30-18-13-10-14-19-30)26-35(31)53-42(62)37(28(4)5)54-43(63)38(29-16-11-9-12-17-29)55-41(61)34-23-47-20-21-48-34/h10,13-14,18-21,23,27-29,31-33,35,37-38H,8-9,11-12,15-17,22,24-26H2,1-7H3,(H,49,64)(H,50,66)(H,51,58)(H,52,60)(H,53,62)(H,54,63)(H,55,61)/t31-,32+,33+,35+,37+,38+/m1/s1. The minimum atomic E-state index is -1.32. The van der Waals surface area contributed by atoms with Crippen LogP contribution in [0, 0.1) is 23.7 Å². The van der Waals surface area contributed by atoms with E-state index < -0.39 is 95.8 Å². The maximum absolute atomic E-state index is 14.3. The third-order valence-corrected chi connectivity index (χ3v) is 11.7. The third kappa shape index (κ3) is 15.3. The highest BCUT2D eigenvalue weighted by molar-refractivity contribution is 6.38. The zero-order valence-corrected chi connectivity index (χ0v) is 39.1. The van der Waals surface area contributed by atoms with Crippen LogP contribution in [0.1, 0.15) is 96.5 Å². The van der Waals surface area contributed by atoms with Gasteiger partial charge in [0, 0.05) is 45.3 Å². The second-order valence-electron chi connectivity index (χ2n) is 18.0. The summed E-state index contributed by atoms with van der Waals surface area (Å²) in [6, 6.07) is 2.79. The number of hydrogen-bond acceptors (Lipinski definition) is 11. The van der Waals surface area contributed by atoms with Crippen LogP contribution < -0.4 is 37.2 Å². The van der Waals surface area contributed by atoms with E-state index in [1.807, 2.05) is 13.8 Å². The van der Waals surface area contributed by atoms with Crippen LogP contribution in [0.15, 0.2) is 48.9 Å². The molecule has 1 aromatic carbocycles. The fourth-order valence-corrected chi connectivity index (χ4v) is 8.14. The van der Waals surface area contributed by atoms with Crippen LogP contribution in [0.3, 0.4) is 0 Å². The molecule has 1 saturated carbocycles. The zero-order valence-electron chi connectivity index (χ0n) is 39.1. The molecule has 0 bridgehead atoms. The number of nitrogens with one attached hydrogen (secondary N) is 7. The maximum atomic E-state index is 14.3. The van der Waals surface area contributed by atoms with E-state index in [0.29, 0.717) is 31.4 Å². The van der Waals surface area contributed by atoms with E-state index in [9.17, 15) is 43.2 Å². The van der Waals surface area contributed by atoms with Crippen molar-refractivity contribution in [1.82, 2.24) is 51.7 Å². The molecule has 1 saturated heterocycles. The van der Waals surface area contributed by atoms with Crippen LogP contribution >= 0.6 is 0 Å². The molecule has 360 valence electrons. The second-order valence-corrected chi connectivity index (χ2v) is 18.0. The summed E-state index contributed by atoms with van der Waals surface area (Å²) in [7, 11) is 3.13.